The molecule has 30 heavy (non-hydrogen) atoms. The fraction of sp³-hybridized carbons (Fsp3) is 0.364. The molecule has 3 rings (SSSR count). The number of nitrogens with one attached hydrogen (secondary N) is 1. The summed E-state index contributed by atoms with van der Waals surface area (Å²) in [5.74, 6) is -0.455. The highest BCUT2D eigenvalue weighted by Crippen LogP contribution is 2.20. The number of likely N-dealkylation sites (N-methyl/N-ethyl adjacent to an activating group) is 1. The van der Waals surface area contributed by atoms with Crippen molar-refractivity contribution < 1.29 is 19.1 Å². The Morgan fingerprint density at radius 2 is 1.77 bits per heavy atom. The van der Waals surface area contributed by atoms with Gasteiger partial charge in [0.2, 0.25) is 0 Å². The molecule has 1 amide bonds. The summed E-state index contributed by atoms with van der Waals surface area (Å²) in [4.78, 5) is 28.6. The van der Waals surface area contributed by atoms with Gasteiger partial charge in [0.05, 0.1) is 0 Å². The van der Waals surface area contributed by atoms with Gasteiger partial charge in [-0.15, -0.1) is 0 Å². The standard InChI is InChI=1S/C22H26BrN3O4/c1-2-25-10-12-26(13-11-25)19-8-6-18(7-9-19)24-21(27)15-30-22(28)16-29-20-5-3-4-17(23)14-20/h3-9,14H,2,10-13,15-16H2,1H3,(H,24,27). The number of ether oxygens (including phenoxy) is 2. The minimum absolute atomic E-state index is 0.260. The molecule has 1 saturated heterocycles. The second-order valence-electron chi connectivity index (χ2n) is 6.92. The number of carbonyl (C=O) groups excluding carboxylic acids is 2. The molecule has 0 bridgehead atoms. The molecule has 0 aliphatic carbocycles. The zero-order chi connectivity index (χ0) is 21.3. The third-order valence-electron chi connectivity index (χ3n) is 4.85. The zero-order valence-corrected chi connectivity index (χ0v) is 18.6. The molecule has 2 aromatic carbocycles. The van der Waals surface area contributed by atoms with Crippen LogP contribution in [0.3, 0.4) is 0 Å². The number of rotatable bonds is 8. The van der Waals surface area contributed by atoms with Crippen LogP contribution in [0.1, 0.15) is 6.92 Å². The molecule has 1 fully saturated rings. The van der Waals surface area contributed by atoms with E-state index in [0.29, 0.717) is 11.4 Å². The van der Waals surface area contributed by atoms with Gasteiger partial charge in [0.15, 0.2) is 13.2 Å². The van der Waals surface area contributed by atoms with Gasteiger partial charge in [-0.05, 0) is 49.0 Å². The lowest BCUT2D eigenvalue weighted by atomic mass is 10.2. The Hall–Kier alpha value is -2.58. The van der Waals surface area contributed by atoms with Crippen molar-refractivity contribution in [2.24, 2.45) is 0 Å². The topological polar surface area (TPSA) is 71.1 Å². The van der Waals surface area contributed by atoms with E-state index in [1.807, 2.05) is 30.3 Å². The van der Waals surface area contributed by atoms with Crippen molar-refractivity contribution in [2.45, 2.75) is 6.92 Å². The number of piperazine rings is 1. The van der Waals surface area contributed by atoms with Crippen LogP contribution in [-0.4, -0.2) is 62.7 Å². The molecule has 0 saturated carbocycles. The van der Waals surface area contributed by atoms with Gasteiger partial charge in [0.25, 0.3) is 5.91 Å². The number of hydrogen-bond donors (Lipinski definition) is 1. The Kier molecular flexibility index (Phi) is 8.10. The van der Waals surface area contributed by atoms with Gasteiger partial charge in [-0.1, -0.05) is 28.9 Å². The molecule has 2 aromatic rings. The van der Waals surface area contributed by atoms with E-state index < -0.39 is 11.9 Å². The van der Waals surface area contributed by atoms with Gasteiger partial charge in [-0.25, -0.2) is 4.79 Å². The molecule has 1 aliphatic rings. The third kappa shape index (κ3) is 6.74. The highest BCUT2D eigenvalue weighted by molar-refractivity contribution is 9.10. The van der Waals surface area contributed by atoms with Crippen LogP contribution >= 0.6 is 15.9 Å². The van der Waals surface area contributed by atoms with Crippen molar-refractivity contribution in [1.29, 1.82) is 0 Å². The summed E-state index contributed by atoms with van der Waals surface area (Å²) in [5.41, 5.74) is 1.80. The number of carbonyl (C=O) groups is 2. The summed E-state index contributed by atoms with van der Waals surface area (Å²) >= 11 is 3.33. The lowest BCUT2D eigenvalue weighted by Crippen LogP contribution is -2.46. The van der Waals surface area contributed by atoms with Gasteiger partial charge in [-0.3, -0.25) is 4.79 Å². The molecule has 0 spiro atoms. The van der Waals surface area contributed by atoms with E-state index in [9.17, 15) is 9.59 Å². The average molecular weight is 476 g/mol. The number of esters is 1. The zero-order valence-electron chi connectivity index (χ0n) is 17.0. The Labute approximate surface area is 185 Å². The molecule has 1 heterocycles. The number of hydrogen-bond acceptors (Lipinski definition) is 6. The normalized spacial score (nSPS) is 14.3. The van der Waals surface area contributed by atoms with Crippen molar-refractivity contribution in [3.8, 4) is 5.75 Å². The molecule has 0 radical (unpaired) electrons. The van der Waals surface area contributed by atoms with Gasteiger partial charge in [-0.2, -0.15) is 0 Å². The first-order chi connectivity index (χ1) is 14.5. The molecule has 0 atom stereocenters. The fourth-order valence-electron chi connectivity index (χ4n) is 3.16. The largest absolute Gasteiger partial charge is 0.482 e. The maximum absolute atomic E-state index is 12.0. The Morgan fingerprint density at radius 3 is 2.43 bits per heavy atom. The Bertz CT molecular complexity index is 852. The first-order valence-electron chi connectivity index (χ1n) is 9.94. The maximum Gasteiger partial charge on any atom is 0.344 e. The summed E-state index contributed by atoms with van der Waals surface area (Å²) in [7, 11) is 0. The predicted octanol–water partition coefficient (Wildman–Crippen LogP) is 3.15. The van der Waals surface area contributed by atoms with Gasteiger partial charge in [0.1, 0.15) is 5.75 Å². The second-order valence-corrected chi connectivity index (χ2v) is 7.84. The molecule has 160 valence electrons. The number of amides is 1. The minimum Gasteiger partial charge on any atom is -0.482 e. The van der Waals surface area contributed by atoms with Crippen molar-refractivity contribution in [1.82, 2.24) is 4.90 Å². The van der Waals surface area contributed by atoms with Crippen LogP contribution < -0.4 is 15.0 Å². The van der Waals surface area contributed by atoms with Crippen molar-refractivity contribution >= 4 is 39.2 Å². The van der Waals surface area contributed by atoms with Crippen molar-refractivity contribution in [2.75, 3.05) is 56.2 Å². The van der Waals surface area contributed by atoms with Gasteiger partial charge < -0.3 is 24.6 Å². The van der Waals surface area contributed by atoms with E-state index in [2.05, 4.69) is 38.0 Å². The minimum atomic E-state index is -0.605. The van der Waals surface area contributed by atoms with Crippen LogP contribution in [0.4, 0.5) is 11.4 Å². The lowest BCUT2D eigenvalue weighted by Gasteiger charge is -2.35. The molecule has 0 unspecified atom stereocenters. The van der Waals surface area contributed by atoms with E-state index in [4.69, 9.17) is 9.47 Å². The van der Waals surface area contributed by atoms with Crippen LogP contribution in [0.2, 0.25) is 0 Å². The van der Waals surface area contributed by atoms with E-state index in [1.54, 1.807) is 18.2 Å². The number of anilines is 2. The molecule has 8 heteroatoms. The number of nitrogens with zero attached hydrogens (tertiary/aromatic N) is 2. The van der Waals surface area contributed by atoms with Crippen molar-refractivity contribution in [3.63, 3.8) is 0 Å². The van der Waals surface area contributed by atoms with E-state index in [1.165, 1.54) is 0 Å². The molecular formula is C22H26BrN3O4. The highest BCUT2D eigenvalue weighted by atomic mass is 79.9. The SMILES string of the molecule is CCN1CCN(c2ccc(NC(=O)COC(=O)COc3cccc(Br)c3)cc2)CC1. The average Bonchev–Trinajstić information content (AvgIpc) is 2.77. The van der Waals surface area contributed by atoms with Crippen LogP contribution in [-0.2, 0) is 14.3 Å². The predicted molar refractivity (Wildman–Crippen MR) is 120 cm³/mol. The molecule has 0 aromatic heterocycles. The molecular weight excluding hydrogens is 450 g/mol. The van der Waals surface area contributed by atoms with Gasteiger partial charge in [0, 0.05) is 42.0 Å². The lowest BCUT2D eigenvalue weighted by molar-refractivity contribution is -0.149. The van der Waals surface area contributed by atoms with Crippen LogP contribution in [0.15, 0.2) is 53.0 Å². The first kappa shape index (κ1) is 22.1. The summed E-state index contributed by atoms with van der Waals surface area (Å²) in [6.07, 6.45) is 0. The third-order valence-corrected chi connectivity index (χ3v) is 5.35. The molecule has 1 N–H and O–H groups in total. The molecule has 7 nitrogen and oxygen atoms in total. The summed E-state index contributed by atoms with van der Waals surface area (Å²) in [5, 5.41) is 2.73. The van der Waals surface area contributed by atoms with E-state index in [0.717, 1.165) is 42.9 Å². The summed E-state index contributed by atoms with van der Waals surface area (Å²) < 4.78 is 11.2. The monoisotopic (exact) mass is 475 g/mol. The fourth-order valence-corrected chi connectivity index (χ4v) is 3.54. The van der Waals surface area contributed by atoms with Crippen LogP contribution in [0.25, 0.3) is 0 Å². The number of benzene rings is 2. The van der Waals surface area contributed by atoms with E-state index >= 15 is 0 Å². The van der Waals surface area contributed by atoms with Crippen LogP contribution in [0, 0.1) is 0 Å². The Morgan fingerprint density at radius 1 is 1.03 bits per heavy atom. The van der Waals surface area contributed by atoms with Crippen LogP contribution in [0.5, 0.6) is 5.75 Å². The smallest absolute Gasteiger partial charge is 0.344 e. The molecule has 1 aliphatic heterocycles. The summed E-state index contributed by atoms with van der Waals surface area (Å²) in [6.45, 7) is 6.76. The maximum atomic E-state index is 12.0. The van der Waals surface area contributed by atoms with Gasteiger partial charge >= 0.3 is 5.97 Å². The second kappa shape index (κ2) is 11.0. The Balaban J connectivity index is 1.38. The first-order valence-corrected chi connectivity index (χ1v) is 10.7. The highest BCUT2D eigenvalue weighted by Gasteiger charge is 2.16. The summed E-state index contributed by atoms with van der Waals surface area (Å²) in [6, 6.07) is 14.8. The van der Waals surface area contributed by atoms with E-state index in [-0.39, 0.29) is 13.2 Å². The number of halogens is 1. The quantitative estimate of drug-likeness (QED) is 0.591. The van der Waals surface area contributed by atoms with Crippen molar-refractivity contribution in [3.05, 3.63) is 53.0 Å².